The highest BCUT2D eigenvalue weighted by Crippen LogP contribution is 2.42. The Bertz CT molecular complexity index is 239. The second-order valence-corrected chi connectivity index (χ2v) is 6.44. The molecular formula is C7H15NO2S2. The van der Waals surface area contributed by atoms with E-state index in [2.05, 4.69) is 4.72 Å². The molecule has 0 aliphatic heterocycles. The summed E-state index contributed by atoms with van der Waals surface area (Å²) in [6, 6.07) is 0. The van der Waals surface area contributed by atoms with Crippen molar-refractivity contribution >= 4 is 21.8 Å². The molecule has 0 atom stereocenters. The van der Waals surface area contributed by atoms with Gasteiger partial charge in [0.15, 0.2) is 0 Å². The third-order valence-electron chi connectivity index (χ3n) is 2.35. The molecular weight excluding hydrogens is 194 g/mol. The zero-order chi connectivity index (χ0) is 9.24. The third-order valence-corrected chi connectivity index (χ3v) is 4.44. The number of thioether (sulfide) groups is 1. The average Bonchev–Trinajstić information content (AvgIpc) is 1.84. The Balaban J connectivity index is 2.40. The van der Waals surface area contributed by atoms with Gasteiger partial charge in [0, 0.05) is 11.3 Å². The fraction of sp³-hybridized carbons (Fsp3) is 1.00. The summed E-state index contributed by atoms with van der Waals surface area (Å²) in [5.74, 6) is 0. The molecule has 0 bridgehead atoms. The van der Waals surface area contributed by atoms with Crippen molar-refractivity contribution in [2.45, 2.75) is 24.0 Å². The van der Waals surface area contributed by atoms with Crippen LogP contribution in [0.1, 0.15) is 19.3 Å². The van der Waals surface area contributed by atoms with E-state index >= 15 is 0 Å². The van der Waals surface area contributed by atoms with Crippen LogP contribution in [0.2, 0.25) is 0 Å². The number of sulfonamides is 1. The summed E-state index contributed by atoms with van der Waals surface area (Å²) in [7, 11) is -3.01. The van der Waals surface area contributed by atoms with Crippen molar-refractivity contribution in [2.24, 2.45) is 0 Å². The van der Waals surface area contributed by atoms with Crippen LogP contribution in [0.25, 0.3) is 0 Å². The van der Waals surface area contributed by atoms with Gasteiger partial charge in [-0.05, 0) is 19.1 Å². The molecule has 0 heterocycles. The maximum Gasteiger partial charge on any atom is 0.208 e. The summed E-state index contributed by atoms with van der Waals surface area (Å²) in [5.41, 5.74) is 0. The molecule has 0 unspecified atom stereocenters. The first kappa shape index (κ1) is 10.3. The van der Waals surface area contributed by atoms with Gasteiger partial charge in [-0.25, -0.2) is 13.1 Å². The maximum absolute atomic E-state index is 10.8. The van der Waals surface area contributed by atoms with E-state index in [0.717, 1.165) is 12.8 Å². The van der Waals surface area contributed by atoms with Gasteiger partial charge in [0.25, 0.3) is 0 Å². The molecule has 0 radical (unpaired) electrons. The summed E-state index contributed by atoms with van der Waals surface area (Å²) in [4.78, 5) is 0. The Morgan fingerprint density at radius 3 is 2.33 bits per heavy atom. The summed E-state index contributed by atoms with van der Waals surface area (Å²) in [6.07, 6.45) is 6.75. The fourth-order valence-corrected chi connectivity index (χ4v) is 2.83. The summed E-state index contributed by atoms with van der Waals surface area (Å²) in [6.45, 7) is 0.590. The van der Waals surface area contributed by atoms with Crippen LogP contribution in [0.3, 0.4) is 0 Å². The highest BCUT2D eigenvalue weighted by Gasteiger charge is 2.36. The molecule has 3 nitrogen and oxygen atoms in total. The van der Waals surface area contributed by atoms with E-state index in [1.807, 2.05) is 6.26 Å². The smallest absolute Gasteiger partial charge is 0.208 e. The Morgan fingerprint density at radius 2 is 2.08 bits per heavy atom. The lowest BCUT2D eigenvalue weighted by molar-refractivity contribution is 0.362. The fourth-order valence-electron chi connectivity index (χ4n) is 1.29. The Labute approximate surface area is 78.4 Å². The topological polar surface area (TPSA) is 46.2 Å². The lowest BCUT2D eigenvalue weighted by atomic mass is 9.84. The van der Waals surface area contributed by atoms with E-state index in [0.29, 0.717) is 6.54 Å². The Kier molecular flexibility index (Phi) is 3.06. The van der Waals surface area contributed by atoms with Crippen molar-refractivity contribution in [3.63, 3.8) is 0 Å². The first-order valence-corrected chi connectivity index (χ1v) is 7.09. The zero-order valence-corrected chi connectivity index (χ0v) is 9.09. The molecule has 1 aliphatic rings. The standard InChI is InChI=1S/C7H15NO2S2/c1-11-7(4-3-5-7)6-8-12(2,9)10/h8H,3-6H2,1-2H3. The molecule has 1 rings (SSSR count). The lowest BCUT2D eigenvalue weighted by Crippen LogP contribution is -2.44. The highest BCUT2D eigenvalue weighted by molar-refractivity contribution is 8.00. The molecule has 0 aromatic heterocycles. The minimum Gasteiger partial charge on any atom is -0.214 e. The second kappa shape index (κ2) is 3.55. The number of rotatable bonds is 4. The maximum atomic E-state index is 10.8. The van der Waals surface area contributed by atoms with Crippen LogP contribution in [0.5, 0.6) is 0 Å². The molecule has 0 saturated heterocycles. The minimum atomic E-state index is -3.01. The molecule has 5 heteroatoms. The van der Waals surface area contributed by atoms with E-state index in [-0.39, 0.29) is 4.75 Å². The summed E-state index contributed by atoms with van der Waals surface area (Å²) >= 11 is 1.77. The number of nitrogens with one attached hydrogen (secondary N) is 1. The minimum absolute atomic E-state index is 0.198. The van der Waals surface area contributed by atoms with Gasteiger partial charge >= 0.3 is 0 Å². The third kappa shape index (κ3) is 2.64. The first-order chi connectivity index (χ1) is 5.47. The summed E-state index contributed by atoms with van der Waals surface area (Å²) < 4.78 is 24.4. The lowest BCUT2D eigenvalue weighted by Gasteiger charge is -2.40. The average molecular weight is 209 g/mol. The second-order valence-electron chi connectivity index (χ2n) is 3.33. The van der Waals surface area contributed by atoms with E-state index in [9.17, 15) is 8.42 Å². The van der Waals surface area contributed by atoms with E-state index < -0.39 is 10.0 Å². The van der Waals surface area contributed by atoms with Gasteiger partial charge in [-0.2, -0.15) is 11.8 Å². The van der Waals surface area contributed by atoms with Crippen LogP contribution in [-0.4, -0.2) is 32.2 Å². The molecule has 72 valence electrons. The molecule has 12 heavy (non-hydrogen) atoms. The Hall–Kier alpha value is 0.260. The van der Waals surface area contributed by atoms with Crippen LogP contribution in [0.4, 0.5) is 0 Å². The molecule has 0 aromatic rings. The van der Waals surface area contributed by atoms with Gasteiger partial charge in [0.1, 0.15) is 0 Å². The number of hydrogen-bond donors (Lipinski definition) is 1. The highest BCUT2D eigenvalue weighted by atomic mass is 32.2. The predicted molar refractivity (Wildman–Crippen MR) is 52.9 cm³/mol. The van der Waals surface area contributed by atoms with Crippen LogP contribution in [0.15, 0.2) is 0 Å². The van der Waals surface area contributed by atoms with Crippen molar-refractivity contribution in [1.82, 2.24) is 4.72 Å². The quantitative estimate of drug-likeness (QED) is 0.745. The Morgan fingerprint density at radius 1 is 1.50 bits per heavy atom. The molecule has 0 spiro atoms. The largest absolute Gasteiger partial charge is 0.214 e. The molecule has 1 saturated carbocycles. The van der Waals surface area contributed by atoms with Crippen molar-refractivity contribution in [2.75, 3.05) is 19.1 Å². The van der Waals surface area contributed by atoms with Crippen molar-refractivity contribution in [3.8, 4) is 0 Å². The zero-order valence-electron chi connectivity index (χ0n) is 7.46. The summed E-state index contributed by atoms with van der Waals surface area (Å²) in [5, 5.41) is 0. The molecule has 1 N–H and O–H groups in total. The van der Waals surface area contributed by atoms with E-state index in [4.69, 9.17) is 0 Å². The monoisotopic (exact) mass is 209 g/mol. The van der Waals surface area contributed by atoms with Crippen molar-refractivity contribution < 1.29 is 8.42 Å². The molecule has 1 aliphatic carbocycles. The van der Waals surface area contributed by atoms with Crippen LogP contribution < -0.4 is 4.72 Å². The van der Waals surface area contributed by atoms with Crippen LogP contribution in [0, 0.1) is 0 Å². The number of hydrogen-bond acceptors (Lipinski definition) is 3. The van der Waals surface area contributed by atoms with Gasteiger partial charge < -0.3 is 0 Å². The molecule has 1 fully saturated rings. The van der Waals surface area contributed by atoms with Crippen LogP contribution >= 0.6 is 11.8 Å². The van der Waals surface area contributed by atoms with Crippen LogP contribution in [-0.2, 0) is 10.0 Å². The normalized spacial score (nSPS) is 21.8. The first-order valence-electron chi connectivity index (χ1n) is 3.97. The van der Waals surface area contributed by atoms with Crippen molar-refractivity contribution in [1.29, 1.82) is 0 Å². The van der Waals surface area contributed by atoms with Gasteiger partial charge in [0.2, 0.25) is 10.0 Å². The molecule has 0 aromatic carbocycles. The van der Waals surface area contributed by atoms with Gasteiger partial charge in [-0.15, -0.1) is 0 Å². The van der Waals surface area contributed by atoms with Gasteiger partial charge in [-0.1, -0.05) is 6.42 Å². The molecule has 0 amide bonds. The van der Waals surface area contributed by atoms with E-state index in [1.54, 1.807) is 11.8 Å². The van der Waals surface area contributed by atoms with Gasteiger partial charge in [-0.3, -0.25) is 0 Å². The van der Waals surface area contributed by atoms with E-state index in [1.165, 1.54) is 12.7 Å². The van der Waals surface area contributed by atoms with Crippen molar-refractivity contribution in [3.05, 3.63) is 0 Å². The SMILES string of the molecule is CSC1(CNS(C)(=O)=O)CCC1. The predicted octanol–water partition coefficient (Wildman–Crippen LogP) is 0.821. The van der Waals surface area contributed by atoms with Gasteiger partial charge in [0.05, 0.1) is 6.26 Å².